The highest BCUT2D eigenvalue weighted by Gasteiger charge is 1.94. The van der Waals surface area contributed by atoms with Crippen LogP contribution in [0.3, 0.4) is 0 Å². The first kappa shape index (κ1) is 6.09. The van der Waals surface area contributed by atoms with Gasteiger partial charge in [-0.15, -0.1) is 0 Å². The lowest BCUT2D eigenvalue weighted by molar-refractivity contribution is 0.553. The van der Waals surface area contributed by atoms with E-state index in [4.69, 9.17) is 4.42 Å². The van der Waals surface area contributed by atoms with Crippen molar-refractivity contribution in [3.63, 3.8) is 0 Å². The molecule has 2 rings (SSSR count). The Hall–Kier alpha value is -1.64. The van der Waals surface area contributed by atoms with Gasteiger partial charge in [0.2, 0.25) is 0 Å². The van der Waals surface area contributed by atoms with Gasteiger partial charge in [-0.25, -0.2) is 9.78 Å². The molecule has 1 radical (unpaired) electrons. The average molecular weight is 146 g/mol. The van der Waals surface area contributed by atoms with Gasteiger partial charge in [-0.1, -0.05) is 12.1 Å². The van der Waals surface area contributed by atoms with Gasteiger partial charge in [0.05, 0.1) is 0 Å². The lowest BCUT2D eigenvalue weighted by atomic mass is 10.3. The van der Waals surface area contributed by atoms with Crippen LogP contribution in [0.2, 0.25) is 0 Å². The largest absolute Gasteiger partial charge is 0.419 e. The molecule has 1 heterocycles. The number of nitrogens with zero attached hydrogens (tertiary/aromatic N) is 1. The molecule has 0 amide bonds. The Kier molecular flexibility index (Phi) is 1.22. The van der Waals surface area contributed by atoms with Crippen LogP contribution in [0.1, 0.15) is 0 Å². The summed E-state index contributed by atoms with van der Waals surface area (Å²) in [6, 6.07) is 7.06. The van der Waals surface area contributed by atoms with Crippen LogP contribution in [0.25, 0.3) is 11.1 Å². The Morgan fingerprint density at radius 3 is 3.09 bits per heavy atom. The van der Waals surface area contributed by atoms with Gasteiger partial charge in [0.1, 0.15) is 5.52 Å². The molecule has 0 saturated heterocycles. The molecule has 11 heavy (non-hydrogen) atoms. The van der Waals surface area contributed by atoms with Gasteiger partial charge in [0.25, 0.3) is 0 Å². The maximum Gasteiger partial charge on any atom is 0.364 e. The first-order valence-electron chi connectivity index (χ1n) is 3.14. The van der Waals surface area contributed by atoms with Gasteiger partial charge >= 0.3 is 5.63 Å². The maximum absolute atomic E-state index is 10.6. The highest BCUT2D eigenvalue weighted by Crippen LogP contribution is 2.05. The molecule has 3 nitrogen and oxygen atoms in total. The summed E-state index contributed by atoms with van der Waals surface area (Å²) in [6.45, 7) is 0. The topological polar surface area (TPSA) is 43.1 Å². The molecule has 1 aromatic carbocycles. The molecule has 3 heteroatoms. The SMILES string of the molecule is O=c1[c]nc2ccccc2o1. The van der Waals surface area contributed by atoms with Crippen molar-refractivity contribution in [3.8, 4) is 0 Å². The molecule has 0 N–H and O–H groups in total. The van der Waals surface area contributed by atoms with E-state index in [0.29, 0.717) is 11.1 Å². The molecule has 1 aromatic heterocycles. The number of hydrogen-bond acceptors (Lipinski definition) is 3. The first-order valence-corrected chi connectivity index (χ1v) is 3.14. The van der Waals surface area contributed by atoms with Crippen LogP contribution < -0.4 is 5.63 Å². The number of aromatic nitrogens is 1. The summed E-state index contributed by atoms with van der Waals surface area (Å²) < 4.78 is 4.79. The van der Waals surface area contributed by atoms with E-state index in [2.05, 4.69) is 11.2 Å². The molecular formula is C8H4NO2. The molecule has 0 saturated carbocycles. The highest BCUT2D eigenvalue weighted by atomic mass is 16.4. The van der Waals surface area contributed by atoms with Crippen molar-refractivity contribution < 1.29 is 4.42 Å². The molecule has 0 atom stereocenters. The number of hydrogen-bond donors (Lipinski definition) is 0. The standard InChI is InChI=1S/C8H4NO2/c10-8-5-9-6-3-1-2-4-7(6)11-8/h1-4H. The number of rotatable bonds is 0. The highest BCUT2D eigenvalue weighted by molar-refractivity contribution is 5.70. The van der Waals surface area contributed by atoms with Crippen LogP contribution in [0.5, 0.6) is 0 Å². The Labute approximate surface area is 62.3 Å². The first-order chi connectivity index (χ1) is 5.36. The van der Waals surface area contributed by atoms with Crippen molar-refractivity contribution in [2.75, 3.05) is 0 Å². The van der Waals surface area contributed by atoms with E-state index in [1.54, 1.807) is 18.2 Å². The fourth-order valence-electron chi connectivity index (χ4n) is 0.864. The molecule has 0 fully saturated rings. The second kappa shape index (κ2) is 2.20. The zero-order valence-corrected chi connectivity index (χ0v) is 5.57. The molecule has 53 valence electrons. The summed E-state index contributed by atoms with van der Waals surface area (Å²) >= 11 is 0. The lowest BCUT2D eigenvalue weighted by Gasteiger charge is -1.89. The van der Waals surface area contributed by atoms with Crippen LogP contribution in [-0.2, 0) is 0 Å². The number of fused-ring (bicyclic) bond motifs is 1. The fraction of sp³-hybridized carbons (Fsp3) is 0. The average Bonchev–Trinajstić information content (AvgIpc) is 2.04. The third-order valence-electron chi connectivity index (χ3n) is 1.34. The van der Waals surface area contributed by atoms with Crippen LogP contribution in [0.15, 0.2) is 33.5 Å². The molecule has 0 unspecified atom stereocenters. The Morgan fingerprint density at radius 1 is 1.36 bits per heavy atom. The molecule has 0 aliphatic carbocycles. The molecule has 0 spiro atoms. The third-order valence-corrected chi connectivity index (χ3v) is 1.34. The fourth-order valence-corrected chi connectivity index (χ4v) is 0.864. The minimum atomic E-state index is -0.538. The van der Waals surface area contributed by atoms with Crippen LogP contribution >= 0.6 is 0 Å². The van der Waals surface area contributed by atoms with Gasteiger partial charge < -0.3 is 4.42 Å². The summed E-state index contributed by atoms with van der Waals surface area (Å²) in [6.07, 6.45) is 2.20. The van der Waals surface area contributed by atoms with E-state index in [-0.39, 0.29) is 0 Å². The predicted octanol–water partition coefficient (Wildman–Crippen LogP) is 0.988. The summed E-state index contributed by atoms with van der Waals surface area (Å²) in [5.74, 6) is 0. The smallest absolute Gasteiger partial charge is 0.364 e. The Morgan fingerprint density at radius 2 is 2.18 bits per heavy atom. The number of benzene rings is 1. The monoisotopic (exact) mass is 146 g/mol. The third kappa shape index (κ3) is 1.00. The van der Waals surface area contributed by atoms with Crippen molar-refractivity contribution in [1.29, 1.82) is 0 Å². The van der Waals surface area contributed by atoms with E-state index in [1.807, 2.05) is 6.07 Å². The normalized spacial score (nSPS) is 10.2. The summed E-state index contributed by atoms with van der Waals surface area (Å²) in [4.78, 5) is 14.3. The lowest BCUT2D eigenvalue weighted by Crippen LogP contribution is -1.97. The van der Waals surface area contributed by atoms with Crippen LogP contribution in [0, 0.1) is 6.20 Å². The Bertz CT molecular complexity index is 433. The summed E-state index contributed by atoms with van der Waals surface area (Å²) in [5, 5.41) is 0. The van der Waals surface area contributed by atoms with Gasteiger partial charge in [0.15, 0.2) is 11.8 Å². The van der Waals surface area contributed by atoms with Crippen molar-refractivity contribution >= 4 is 11.1 Å². The van der Waals surface area contributed by atoms with E-state index in [9.17, 15) is 4.79 Å². The molecule has 0 bridgehead atoms. The Balaban J connectivity index is 2.94. The van der Waals surface area contributed by atoms with Crippen molar-refractivity contribution in [1.82, 2.24) is 4.98 Å². The minimum Gasteiger partial charge on any atom is -0.419 e. The molecule has 2 aromatic rings. The van der Waals surface area contributed by atoms with Crippen LogP contribution in [-0.4, -0.2) is 4.98 Å². The second-order valence-corrected chi connectivity index (χ2v) is 2.08. The van der Waals surface area contributed by atoms with Crippen molar-refractivity contribution in [2.45, 2.75) is 0 Å². The van der Waals surface area contributed by atoms with E-state index in [0.717, 1.165) is 0 Å². The summed E-state index contributed by atoms with van der Waals surface area (Å²) in [7, 11) is 0. The summed E-state index contributed by atoms with van der Waals surface area (Å²) in [5.41, 5.74) is 0.604. The van der Waals surface area contributed by atoms with Crippen LogP contribution in [0.4, 0.5) is 0 Å². The minimum absolute atomic E-state index is 0.497. The van der Waals surface area contributed by atoms with E-state index >= 15 is 0 Å². The van der Waals surface area contributed by atoms with E-state index < -0.39 is 5.63 Å². The molecule has 0 aliphatic heterocycles. The van der Waals surface area contributed by atoms with E-state index in [1.165, 1.54) is 0 Å². The van der Waals surface area contributed by atoms with Gasteiger partial charge in [-0.3, -0.25) is 0 Å². The number of para-hydroxylation sites is 2. The quantitative estimate of drug-likeness (QED) is 0.556. The zero-order valence-electron chi connectivity index (χ0n) is 5.57. The van der Waals surface area contributed by atoms with Gasteiger partial charge in [-0.2, -0.15) is 0 Å². The van der Waals surface area contributed by atoms with Crippen molar-refractivity contribution in [2.24, 2.45) is 0 Å². The zero-order chi connectivity index (χ0) is 7.68. The van der Waals surface area contributed by atoms with Crippen molar-refractivity contribution in [3.05, 3.63) is 40.9 Å². The predicted molar refractivity (Wildman–Crippen MR) is 39.1 cm³/mol. The van der Waals surface area contributed by atoms with Gasteiger partial charge in [0, 0.05) is 0 Å². The molecular weight excluding hydrogens is 142 g/mol. The van der Waals surface area contributed by atoms with Gasteiger partial charge in [-0.05, 0) is 12.1 Å². The molecule has 0 aliphatic rings. The second-order valence-electron chi connectivity index (χ2n) is 2.08. The maximum atomic E-state index is 10.6.